The third kappa shape index (κ3) is 11.1. The Morgan fingerprint density at radius 1 is 1.06 bits per heavy atom. The maximum atomic E-state index is 13.2. The second-order valence-corrected chi connectivity index (χ2v) is 12.7. The summed E-state index contributed by atoms with van der Waals surface area (Å²) in [6.45, 7) is 5.96. The summed E-state index contributed by atoms with van der Waals surface area (Å²) in [6.07, 6.45) is 5.02. The van der Waals surface area contributed by atoms with Gasteiger partial charge in [-0.1, -0.05) is 65.6 Å². The highest BCUT2D eigenvalue weighted by Crippen LogP contribution is 2.39. The Morgan fingerprint density at radius 3 is 2.39 bits per heavy atom. The molecule has 1 aromatic carbocycles. The number of ketones is 1. The predicted molar refractivity (Wildman–Crippen MR) is 149 cm³/mol. The normalized spacial score (nSPS) is 16.9. The highest BCUT2D eigenvalue weighted by Gasteiger charge is 2.30. The Bertz CT molecular complexity index is 876. The molecule has 0 aliphatic carbocycles. The molecule has 36 heavy (non-hydrogen) atoms. The van der Waals surface area contributed by atoms with E-state index in [9.17, 15) is 19.2 Å². The molecule has 10 heteroatoms. The van der Waals surface area contributed by atoms with Gasteiger partial charge in [-0.2, -0.15) is 0 Å². The second-order valence-electron chi connectivity index (χ2n) is 9.44. The largest absolute Gasteiger partial charge is 0.350 e. The number of halogens is 1. The van der Waals surface area contributed by atoms with Gasteiger partial charge in [-0.25, -0.2) is 0 Å². The third-order valence-electron chi connectivity index (χ3n) is 5.81. The first-order valence-corrected chi connectivity index (χ1v) is 15.4. The summed E-state index contributed by atoms with van der Waals surface area (Å²) < 4.78 is 0. The summed E-state index contributed by atoms with van der Waals surface area (Å²) in [5, 5.41) is 9.32. The minimum atomic E-state index is -1.06. The first-order chi connectivity index (χ1) is 17.2. The number of rotatable bonds is 15. The minimum Gasteiger partial charge on any atom is -0.350 e. The van der Waals surface area contributed by atoms with E-state index in [1.54, 1.807) is 31.2 Å². The number of likely N-dealkylation sites (N-methyl/N-ethyl adjacent to an activating group) is 1. The summed E-state index contributed by atoms with van der Waals surface area (Å²) in [5.74, 6) is -0.769. The standard InChI is InChI=1S/C26H38ClN3O4S2/c1-4-28-26(34)24(32)21(16-18-9-11-19(27)12-10-18)30-25(33)22(15-17(2)3)29-23(31)8-6-5-7-20-13-14-35-36-20/h9-12,17,20-22H,4-8,13-16H2,1-3H3,(H,28,34)(H,29,31)(H,30,33)/t20?,21-,22-/m0/s1. The fraction of sp³-hybridized carbons (Fsp3) is 0.615. The van der Waals surface area contributed by atoms with E-state index in [1.165, 1.54) is 12.2 Å². The van der Waals surface area contributed by atoms with Crippen LogP contribution in [0.1, 0.15) is 64.9 Å². The van der Waals surface area contributed by atoms with Gasteiger partial charge in [-0.15, -0.1) is 0 Å². The van der Waals surface area contributed by atoms with E-state index in [4.69, 9.17) is 11.6 Å². The summed E-state index contributed by atoms with van der Waals surface area (Å²) in [4.78, 5) is 51.0. The molecule has 0 saturated carbocycles. The summed E-state index contributed by atoms with van der Waals surface area (Å²) >= 11 is 5.96. The van der Waals surface area contributed by atoms with Crippen molar-refractivity contribution in [2.45, 2.75) is 83.1 Å². The topological polar surface area (TPSA) is 104 Å². The van der Waals surface area contributed by atoms with Crippen LogP contribution in [0.2, 0.25) is 5.02 Å². The van der Waals surface area contributed by atoms with Gasteiger partial charge >= 0.3 is 0 Å². The molecule has 1 fully saturated rings. The zero-order valence-corrected chi connectivity index (χ0v) is 23.7. The molecule has 0 aromatic heterocycles. The Morgan fingerprint density at radius 2 is 1.78 bits per heavy atom. The van der Waals surface area contributed by atoms with Crippen molar-refractivity contribution in [3.63, 3.8) is 0 Å². The van der Waals surface area contributed by atoms with Crippen molar-refractivity contribution in [1.82, 2.24) is 16.0 Å². The number of hydrogen-bond acceptors (Lipinski definition) is 6. The third-order valence-corrected chi connectivity index (χ3v) is 9.07. The number of nitrogens with one attached hydrogen (secondary N) is 3. The van der Waals surface area contributed by atoms with Crippen LogP contribution in [-0.4, -0.2) is 53.1 Å². The van der Waals surface area contributed by atoms with Crippen molar-refractivity contribution in [3.8, 4) is 0 Å². The molecule has 3 N–H and O–H groups in total. The Balaban J connectivity index is 2.01. The van der Waals surface area contributed by atoms with Gasteiger partial charge in [0.1, 0.15) is 12.1 Å². The van der Waals surface area contributed by atoms with Crippen LogP contribution in [0.25, 0.3) is 0 Å². The zero-order chi connectivity index (χ0) is 26.5. The molecular weight excluding hydrogens is 518 g/mol. The van der Waals surface area contributed by atoms with Gasteiger partial charge < -0.3 is 16.0 Å². The minimum absolute atomic E-state index is 0.138. The molecule has 7 nitrogen and oxygen atoms in total. The maximum Gasteiger partial charge on any atom is 0.289 e. The summed E-state index contributed by atoms with van der Waals surface area (Å²) in [5.41, 5.74) is 0.755. The molecule has 3 amide bonds. The number of hydrogen-bond donors (Lipinski definition) is 3. The molecule has 1 aliphatic heterocycles. The smallest absolute Gasteiger partial charge is 0.289 e. The quantitative estimate of drug-likeness (QED) is 0.169. The Kier molecular flexibility index (Phi) is 13.7. The van der Waals surface area contributed by atoms with Crippen LogP contribution in [0.3, 0.4) is 0 Å². The molecule has 0 spiro atoms. The number of carbonyl (C=O) groups is 4. The molecule has 1 heterocycles. The molecule has 2 rings (SSSR count). The van der Waals surface area contributed by atoms with Crippen molar-refractivity contribution < 1.29 is 19.2 Å². The van der Waals surface area contributed by atoms with Crippen LogP contribution in [0.5, 0.6) is 0 Å². The zero-order valence-electron chi connectivity index (χ0n) is 21.3. The van der Waals surface area contributed by atoms with Crippen molar-refractivity contribution in [3.05, 3.63) is 34.9 Å². The van der Waals surface area contributed by atoms with E-state index in [2.05, 4.69) is 16.0 Å². The molecule has 0 bridgehead atoms. The first kappa shape index (κ1) is 30.5. The van der Waals surface area contributed by atoms with Gasteiger partial charge in [-0.3, -0.25) is 19.2 Å². The van der Waals surface area contributed by atoms with Crippen molar-refractivity contribution in [1.29, 1.82) is 0 Å². The molecular formula is C26H38ClN3O4S2. The summed E-state index contributed by atoms with van der Waals surface area (Å²) in [7, 11) is 3.85. The molecule has 1 aromatic rings. The lowest BCUT2D eigenvalue weighted by molar-refractivity contribution is -0.140. The second kappa shape index (κ2) is 16.2. The first-order valence-electron chi connectivity index (χ1n) is 12.6. The van der Waals surface area contributed by atoms with Gasteiger partial charge in [0.2, 0.25) is 17.6 Å². The maximum absolute atomic E-state index is 13.2. The molecule has 200 valence electrons. The van der Waals surface area contributed by atoms with Crippen molar-refractivity contribution in [2.75, 3.05) is 12.3 Å². The monoisotopic (exact) mass is 555 g/mol. The lowest BCUT2D eigenvalue weighted by Gasteiger charge is -2.24. The van der Waals surface area contributed by atoms with E-state index in [-0.39, 0.29) is 18.2 Å². The van der Waals surface area contributed by atoms with Crippen LogP contribution in [-0.2, 0) is 25.6 Å². The van der Waals surface area contributed by atoms with Gasteiger partial charge in [0, 0.05) is 35.4 Å². The highest BCUT2D eigenvalue weighted by atomic mass is 35.5. The SMILES string of the molecule is CCNC(=O)C(=O)[C@H](Cc1ccc(Cl)cc1)NC(=O)[C@H](CC(C)C)NC(=O)CCCCC1CCSS1. The Hall–Kier alpha value is -1.71. The lowest BCUT2D eigenvalue weighted by atomic mass is 9.99. The molecule has 1 saturated heterocycles. The lowest BCUT2D eigenvalue weighted by Crippen LogP contribution is -2.54. The number of amides is 3. The van der Waals surface area contributed by atoms with Crippen molar-refractivity contribution in [2.24, 2.45) is 5.92 Å². The van der Waals surface area contributed by atoms with E-state index in [0.717, 1.165) is 24.8 Å². The average Bonchev–Trinajstić information content (AvgIpc) is 3.35. The van der Waals surface area contributed by atoms with E-state index in [0.29, 0.717) is 29.7 Å². The number of unbranched alkanes of at least 4 members (excludes halogenated alkanes) is 1. The molecule has 1 aliphatic rings. The van der Waals surface area contributed by atoms with Gasteiger partial charge in [0.05, 0.1) is 0 Å². The number of benzene rings is 1. The van der Waals surface area contributed by atoms with Crippen molar-refractivity contribution >= 4 is 56.7 Å². The number of carbonyl (C=O) groups excluding carboxylic acids is 4. The molecule has 0 radical (unpaired) electrons. The van der Waals surface area contributed by atoms with Gasteiger partial charge in [0.25, 0.3) is 5.91 Å². The molecule has 3 atom stereocenters. The van der Waals surface area contributed by atoms with Crippen LogP contribution in [0, 0.1) is 5.92 Å². The van der Waals surface area contributed by atoms with Gasteiger partial charge in [0.15, 0.2) is 0 Å². The van der Waals surface area contributed by atoms with Gasteiger partial charge in [-0.05, 0) is 56.2 Å². The van der Waals surface area contributed by atoms with E-state index >= 15 is 0 Å². The Labute approximate surface area is 227 Å². The molecule has 1 unspecified atom stereocenters. The van der Waals surface area contributed by atoms with Crippen LogP contribution in [0.4, 0.5) is 0 Å². The van der Waals surface area contributed by atoms with E-state index in [1.807, 2.05) is 35.4 Å². The fourth-order valence-electron chi connectivity index (χ4n) is 3.94. The van der Waals surface area contributed by atoms with Crippen LogP contribution in [0.15, 0.2) is 24.3 Å². The fourth-order valence-corrected chi connectivity index (χ4v) is 7.09. The number of Topliss-reactive ketones (excluding diaryl/α,β-unsaturated/α-hetero) is 1. The predicted octanol–water partition coefficient (Wildman–Crippen LogP) is 4.32. The van der Waals surface area contributed by atoms with Crippen LogP contribution < -0.4 is 16.0 Å². The van der Waals surface area contributed by atoms with E-state index < -0.39 is 29.7 Å². The highest BCUT2D eigenvalue weighted by molar-refractivity contribution is 8.77. The average molecular weight is 556 g/mol. The summed E-state index contributed by atoms with van der Waals surface area (Å²) in [6, 6.07) is 5.05. The van der Waals surface area contributed by atoms with Crippen LogP contribution >= 0.6 is 33.2 Å².